The molecule has 0 atom stereocenters. The Bertz CT molecular complexity index is 111. The molecule has 0 aromatic heterocycles. The quantitative estimate of drug-likeness (QED) is 0.495. The molecule has 80 valence electrons. The standard InChI is InChI=1S/C9H16.2C2H6/c1-8-3-5-9(2,7-8)6-4-8;2*1-2/h3-7H2,1-2H3;2*1-2H3. The average Bonchev–Trinajstić information content (AvgIpc) is 2.63. The van der Waals surface area contributed by atoms with Crippen molar-refractivity contribution < 1.29 is 0 Å². The molecule has 0 aromatic rings. The van der Waals surface area contributed by atoms with E-state index < -0.39 is 0 Å². The first-order valence-electron chi connectivity index (χ1n) is 6.12. The van der Waals surface area contributed by atoms with Crippen molar-refractivity contribution in [2.24, 2.45) is 10.8 Å². The Hall–Kier alpha value is 0. The molecular weight excluding hydrogens is 156 g/mol. The first kappa shape index (κ1) is 13.0. The highest BCUT2D eigenvalue weighted by Crippen LogP contribution is 2.60. The number of rotatable bonds is 0. The van der Waals surface area contributed by atoms with Crippen LogP contribution in [-0.2, 0) is 0 Å². The Labute approximate surface area is 85.1 Å². The fraction of sp³-hybridized carbons (Fsp3) is 1.00. The maximum Gasteiger partial charge on any atom is -0.0320 e. The van der Waals surface area contributed by atoms with Gasteiger partial charge in [-0.3, -0.25) is 0 Å². The van der Waals surface area contributed by atoms with Gasteiger partial charge in [0.1, 0.15) is 0 Å². The third-order valence-electron chi connectivity index (χ3n) is 3.52. The fourth-order valence-corrected chi connectivity index (χ4v) is 2.84. The van der Waals surface area contributed by atoms with E-state index in [-0.39, 0.29) is 0 Å². The number of hydrogen-bond acceptors (Lipinski definition) is 0. The van der Waals surface area contributed by atoms with E-state index in [9.17, 15) is 0 Å². The van der Waals surface area contributed by atoms with Gasteiger partial charge >= 0.3 is 0 Å². The molecule has 0 saturated heterocycles. The molecule has 0 unspecified atom stereocenters. The van der Waals surface area contributed by atoms with Crippen molar-refractivity contribution in [1.82, 2.24) is 0 Å². The summed E-state index contributed by atoms with van der Waals surface area (Å²) in [4.78, 5) is 0. The maximum atomic E-state index is 2.46. The molecule has 0 aromatic carbocycles. The summed E-state index contributed by atoms with van der Waals surface area (Å²) in [5, 5.41) is 0. The molecular formula is C13H28. The van der Waals surface area contributed by atoms with E-state index in [0.29, 0.717) is 0 Å². The summed E-state index contributed by atoms with van der Waals surface area (Å²) in [6.45, 7) is 12.9. The van der Waals surface area contributed by atoms with E-state index in [1.54, 1.807) is 0 Å². The second-order valence-corrected chi connectivity index (χ2v) is 4.80. The van der Waals surface area contributed by atoms with Crippen molar-refractivity contribution in [2.45, 2.75) is 73.6 Å². The predicted molar refractivity (Wildman–Crippen MR) is 62.0 cm³/mol. The normalized spacial score (nSPS) is 40.2. The summed E-state index contributed by atoms with van der Waals surface area (Å²) in [7, 11) is 0. The van der Waals surface area contributed by atoms with Crippen LogP contribution in [0.5, 0.6) is 0 Å². The lowest BCUT2D eigenvalue weighted by Gasteiger charge is -2.21. The van der Waals surface area contributed by atoms with Crippen LogP contribution in [0.3, 0.4) is 0 Å². The van der Waals surface area contributed by atoms with Gasteiger partial charge in [-0.2, -0.15) is 0 Å². The minimum atomic E-state index is 0.773. The lowest BCUT2D eigenvalue weighted by atomic mass is 9.84. The van der Waals surface area contributed by atoms with E-state index >= 15 is 0 Å². The van der Waals surface area contributed by atoms with E-state index in [4.69, 9.17) is 0 Å². The second-order valence-electron chi connectivity index (χ2n) is 4.80. The highest BCUT2D eigenvalue weighted by atomic mass is 14.5. The molecule has 2 saturated carbocycles. The Morgan fingerprint density at radius 1 is 0.615 bits per heavy atom. The molecule has 0 nitrogen and oxygen atoms in total. The SMILES string of the molecule is CC.CC.CC12CCC(C)(CC1)C2. The lowest BCUT2D eigenvalue weighted by molar-refractivity contribution is 0.308. The zero-order valence-corrected chi connectivity index (χ0v) is 10.5. The molecule has 2 fully saturated rings. The Balaban J connectivity index is 0.000000322. The smallest absolute Gasteiger partial charge is 0.0320 e. The molecule has 2 rings (SSSR count). The van der Waals surface area contributed by atoms with E-state index in [2.05, 4.69) is 13.8 Å². The van der Waals surface area contributed by atoms with Crippen molar-refractivity contribution in [3.63, 3.8) is 0 Å². The molecule has 0 heterocycles. The third-order valence-corrected chi connectivity index (χ3v) is 3.52. The molecule has 0 spiro atoms. The van der Waals surface area contributed by atoms with Gasteiger partial charge in [0.2, 0.25) is 0 Å². The van der Waals surface area contributed by atoms with Crippen LogP contribution in [0.2, 0.25) is 0 Å². The van der Waals surface area contributed by atoms with Crippen LogP contribution in [0, 0.1) is 10.8 Å². The molecule has 0 heteroatoms. The summed E-state index contributed by atoms with van der Waals surface area (Å²) < 4.78 is 0. The Morgan fingerprint density at radius 2 is 0.846 bits per heavy atom. The molecule has 2 bridgehead atoms. The van der Waals surface area contributed by atoms with Gasteiger partial charge in [-0.15, -0.1) is 0 Å². The fourth-order valence-electron chi connectivity index (χ4n) is 2.84. The molecule has 0 radical (unpaired) electrons. The molecule has 0 N–H and O–H groups in total. The second kappa shape index (κ2) is 5.02. The average molecular weight is 184 g/mol. The third kappa shape index (κ3) is 3.00. The predicted octanol–water partition coefficient (Wildman–Crippen LogP) is 5.03. The molecule has 2 aliphatic carbocycles. The Morgan fingerprint density at radius 3 is 0.923 bits per heavy atom. The first-order valence-corrected chi connectivity index (χ1v) is 6.12. The van der Waals surface area contributed by atoms with Gasteiger partial charge in [-0.05, 0) is 42.9 Å². The van der Waals surface area contributed by atoms with Crippen LogP contribution in [-0.4, -0.2) is 0 Å². The minimum Gasteiger partial charge on any atom is -0.0683 e. The van der Waals surface area contributed by atoms with Gasteiger partial charge < -0.3 is 0 Å². The number of fused-ring (bicyclic) bond motifs is 2. The van der Waals surface area contributed by atoms with Crippen molar-refractivity contribution in [1.29, 1.82) is 0 Å². The van der Waals surface area contributed by atoms with Crippen LogP contribution in [0.4, 0.5) is 0 Å². The topological polar surface area (TPSA) is 0 Å². The summed E-state index contributed by atoms with van der Waals surface area (Å²) in [5.41, 5.74) is 1.55. The van der Waals surface area contributed by atoms with Gasteiger partial charge in [0.15, 0.2) is 0 Å². The van der Waals surface area contributed by atoms with Gasteiger partial charge in [0.05, 0.1) is 0 Å². The highest BCUT2D eigenvalue weighted by Gasteiger charge is 2.48. The van der Waals surface area contributed by atoms with Crippen LogP contribution in [0.25, 0.3) is 0 Å². The van der Waals surface area contributed by atoms with Crippen molar-refractivity contribution in [2.75, 3.05) is 0 Å². The summed E-state index contributed by atoms with van der Waals surface area (Å²) in [5.74, 6) is 0. The van der Waals surface area contributed by atoms with Gasteiger partial charge in [0, 0.05) is 0 Å². The van der Waals surface area contributed by atoms with Crippen molar-refractivity contribution in [3.8, 4) is 0 Å². The summed E-state index contributed by atoms with van der Waals surface area (Å²) in [6, 6.07) is 0. The number of hydrogen-bond donors (Lipinski definition) is 0. The Kier molecular flexibility index (Phi) is 5.02. The zero-order valence-electron chi connectivity index (χ0n) is 10.5. The van der Waals surface area contributed by atoms with Crippen LogP contribution in [0.15, 0.2) is 0 Å². The van der Waals surface area contributed by atoms with E-state index in [1.165, 1.54) is 32.1 Å². The zero-order chi connectivity index (χ0) is 10.5. The van der Waals surface area contributed by atoms with Gasteiger partial charge in [-0.25, -0.2) is 0 Å². The first-order chi connectivity index (χ1) is 6.12. The van der Waals surface area contributed by atoms with Crippen molar-refractivity contribution >= 4 is 0 Å². The summed E-state index contributed by atoms with van der Waals surface area (Å²) >= 11 is 0. The van der Waals surface area contributed by atoms with Crippen LogP contribution >= 0.6 is 0 Å². The molecule has 0 amide bonds. The largest absolute Gasteiger partial charge is 0.0683 e. The van der Waals surface area contributed by atoms with Gasteiger partial charge in [0.25, 0.3) is 0 Å². The van der Waals surface area contributed by atoms with E-state index in [0.717, 1.165) is 10.8 Å². The molecule has 2 aliphatic rings. The highest BCUT2D eigenvalue weighted by molar-refractivity contribution is 4.99. The van der Waals surface area contributed by atoms with Crippen molar-refractivity contribution in [3.05, 3.63) is 0 Å². The lowest BCUT2D eigenvalue weighted by Crippen LogP contribution is -2.08. The van der Waals surface area contributed by atoms with Gasteiger partial charge in [-0.1, -0.05) is 41.5 Å². The van der Waals surface area contributed by atoms with Crippen LogP contribution < -0.4 is 0 Å². The molecule has 13 heavy (non-hydrogen) atoms. The summed E-state index contributed by atoms with van der Waals surface area (Å²) in [6.07, 6.45) is 7.53. The van der Waals surface area contributed by atoms with E-state index in [1.807, 2.05) is 27.7 Å². The monoisotopic (exact) mass is 184 g/mol. The van der Waals surface area contributed by atoms with Crippen LogP contribution in [0.1, 0.15) is 73.6 Å². The minimum absolute atomic E-state index is 0.773. The molecule has 0 aliphatic heterocycles. The maximum absolute atomic E-state index is 2.46.